The van der Waals surface area contributed by atoms with Crippen molar-refractivity contribution in [2.45, 2.75) is 84.8 Å². The molecule has 0 radical (unpaired) electrons. The van der Waals surface area contributed by atoms with E-state index in [1.807, 2.05) is 25.7 Å². The SMILES string of the molecule is CC1(C)CCC(NCCC2CCN(C(=O)OC(C)(C)C)C2)CC1. The number of nitrogens with one attached hydrogen (secondary N) is 1. The van der Waals surface area contributed by atoms with Gasteiger partial charge in [-0.3, -0.25) is 0 Å². The third kappa shape index (κ3) is 6.33. The lowest BCUT2D eigenvalue weighted by molar-refractivity contribution is 0.0287. The molecular weight excluding hydrogens is 288 g/mol. The fourth-order valence-corrected chi connectivity index (χ4v) is 3.66. The summed E-state index contributed by atoms with van der Waals surface area (Å²) in [6, 6.07) is 0.700. The second kappa shape index (κ2) is 7.42. The molecule has 0 aromatic rings. The normalized spacial score (nSPS) is 25.6. The van der Waals surface area contributed by atoms with Crippen molar-refractivity contribution in [2.75, 3.05) is 19.6 Å². The zero-order valence-electron chi connectivity index (χ0n) is 15.8. The molecule has 1 aliphatic heterocycles. The van der Waals surface area contributed by atoms with Gasteiger partial charge in [-0.2, -0.15) is 0 Å². The summed E-state index contributed by atoms with van der Waals surface area (Å²) in [4.78, 5) is 14.0. The van der Waals surface area contributed by atoms with Crippen molar-refractivity contribution in [1.29, 1.82) is 0 Å². The van der Waals surface area contributed by atoms with E-state index in [0.717, 1.165) is 26.1 Å². The molecule has 0 spiro atoms. The Hall–Kier alpha value is -0.770. The van der Waals surface area contributed by atoms with Crippen LogP contribution in [0.2, 0.25) is 0 Å². The summed E-state index contributed by atoms with van der Waals surface area (Å²) in [7, 11) is 0. The van der Waals surface area contributed by atoms with Gasteiger partial charge in [0, 0.05) is 19.1 Å². The van der Waals surface area contributed by atoms with Gasteiger partial charge in [-0.1, -0.05) is 13.8 Å². The van der Waals surface area contributed by atoms with E-state index in [2.05, 4.69) is 19.2 Å². The van der Waals surface area contributed by atoms with Crippen LogP contribution >= 0.6 is 0 Å². The molecule has 1 atom stereocenters. The average molecular weight is 325 g/mol. The molecule has 1 N–H and O–H groups in total. The maximum Gasteiger partial charge on any atom is 0.410 e. The van der Waals surface area contributed by atoms with Crippen molar-refractivity contribution in [1.82, 2.24) is 10.2 Å². The topological polar surface area (TPSA) is 41.6 Å². The van der Waals surface area contributed by atoms with Gasteiger partial charge in [0.25, 0.3) is 0 Å². The highest BCUT2D eigenvalue weighted by atomic mass is 16.6. The molecule has 1 unspecified atom stereocenters. The van der Waals surface area contributed by atoms with Crippen LogP contribution in [0.25, 0.3) is 0 Å². The number of hydrogen-bond acceptors (Lipinski definition) is 3. The average Bonchev–Trinajstić information content (AvgIpc) is 2.88. The molecular formula is C19H36N2O2. The first kappa shape index (κ1) is 18.6. The smallest absolute Gasteiger partial charge is 0.410 e. The summed E-state index contributed by atoms with van der Waals surface area (Å²) in [5.74, 6) is 0.620. The third-order valence-electron chi connectivity index (χ3n) is 5.26. The number of nitrogens with zero attached hydrogens (tertiary/aromatic N) is 1. The monoisotopic (exact) mass is 324 g/mol. The largest absolute Gasteiger partial charge is 0.444 e. The highest BCUT2D eigenvalue weighted by Gasteiger charge is 2.30. The molecule has 0 aromatic carbocycles. The maximum absolute atomic E-state index is 12.1. The molecule has 2 aliphatic rings. The summed E-state index contributed by atoms with van der Waals surface area (Å²) < 4.78 is 5.46. The minimum absolute atomic E-state index is 0.150. The Bertz CT molecular complexity index is 391. The van der Waals surface area contributed by atoms with Gasteiger partial charge < -0.3 is 15.0 Å². The Morgan fingerprint density at radius 3 is 2.48 bits per heavy atom. The summed E-state index contributed by atoms with van der Waals surface area (Å²) in [5.41, 5.74) is 0.142. The van der Waals surface area contributed by atoms with Crippen molar-refractivity contribution in [3.05, 3.63) is 0 Å². The molecule has 1 saturated carbocycles. The van der Waals surface area contributed by atoms with Gasteiger partial charge in [-0.25, -0.2) is 4.79 Å². The quantitative estimate of drug-likeness (QED) is 0.843. The van der Waals surface area contributed by atoms with E-state index in [-0.39, 0.29) is 6.09 Å². The number of carbonyl (C=O) groups is 1. The van der Waals surface area contributed by atoms with Crippen molar-refractivity contribution < 1.29 is 9.53 Å². The maximum atomic E-state index is 12.1. The Morgan fingerprint density at radius 1 is 1.22 bits per heavy atom. The van der Waals surface area contributed by atoms with Crippen LogP contribution in [0.4, 0.5) is 4.79 Å². The highest BCUT2D eigenvalue weighted by molar-refractivity contribution is 5.68. The zero-order chi connectivity index (χ0) is 17.1. The van der Waals surface area contributed by atoms with Crippen LogP contribution in [0.15, 0.2) is 0 Å². The summed E-state index contributed by atoms with van der Waals surface area (Å²) in [5, 5.41) is 3.73. The van der Waals surface area contributed by atoms with Crippen LogP contribution < -0.4 is 5.32 Å². The first-order valence-corrected chi connectivity index (χ1v) is 9.36. The van der Waals surface area contributed by atoms with E-state index in [1.165, 1.54) is 32.1 Å². The Kier molecular flexibility index (Phi) is 5.99. The lowest BCUT2D eigenvalue weighted by Gasteiger charge is -2.34. The lowest BCUT2D eigenvalue weighted by Crippen LogP contribution is -2.37. The summed E-state index contributed by atoms with van der Waals surface area (Å²) in [6.07, 6.45) is 7.41. The van der Waals surface area contributed by atoms with Crippen LogP contribution in [0.1, 0.15) is 73.1 Å². The summed E-state index contributed by atoms with van der Waals surface area (Å²) in [6.45, 7) is 13.3. The molecule has 1 amide bonds. The number of carbonyl (C=O) groups excluding carboxylic acids is 1. The van der Waals surface area contributed by atoms with Gasteiger partial charge in [0.2, 0.25) is 0 Å². The molecule has 0 aromatic heterocycles. The predicted octanol–water partition coefficient (Wildman–Crippen LogP) is 4.19. The molecule has 1 aliphatic carbocycles. The van der Waals surface area contributed by atoms with Crippen LogP contribution in [0.5, 0.6) is 0 Å². The molecule has 1 heterocycles. The Balaban J connectivity index is 1.62. The Labute approximate surface area is 142 Å². The van der Waals surface area contributed by atoms with E-state index in [9.17, 15) is 4.79 Å². The third-order valence-corrected chi connectivity index (χ3v) is 5.26. The van der Waals surface area contributed by atoms with Crippen molar-refractivity contribution in [3.8, 4) is 0 Å². The van der Waals surface area contributed by atoms with Gasteiger partial charge in [0.05, 0.1) is 0 Å². The molecule has 4 heteroatoms. The van der Waals surface area contributed by atoms with Gasteiger partial charge in [0.1, 0.15) is 5.60 Å². The minimum atomic E-state index is -0.397. The zero-order valence-corrected chi connectivity index (χ0v) is 15.8. The second-order valence-electron chi connectivity index (χ2n) is 9.26. The van der Waals surface area contributed by atoms with Gasteiger partial charge in [-0.15, -0.1) is 0 Å². The molecule has 1 saturated heterocycles. The van der Waals surface area contributed by atoms with Gasteiger partial charge in [-0.05, 0) is 77.2 Å². The lowest BCUT2D eigenvalue weighted by atomic mass is 9.75. The fraction of sp³-hybridized carbons (Fsp3) is 0.947. The number of rotatable bonds is 4. The number of ether oxygens (including phenoxy) is 1. The van der Waals surface area contributed by atoms with Gasteiger partial charge in [0.15, 0.2) is 0 Å². The Morgan fingerprint density at radius 2 is 1.87 bits per heavy atom. The predicted molar refractivity (Wildman–Crippen MR) is 94.6 cm³/mol. The molecule has 0 bridgehead atoms. The molecule has 2 fully saturated rings. The molecule has 2 rings (SSSR count). The number of hydrogen-bond donors (Lipinski definition) is 1. The van der Waals surface area contributed by atoms with E-state index in [0.29, 0.717) is 17.4 Å². The second-order valence-corrected chi connectivity index (χ2v) is 9.26. The number of likely N-dealkylation sites (tertiary alicyclic amines) is 1. The number of amides is 1. The van der Waals surface area contributed by atoms with Crippen LogP contribution in [-0.4, -0.2) is 42.3 Å². The first-order valence-electron chi connectivity index (χ1n) is 9.36. The minimum Gasteiger partial charge on any atom is -0.444 e. The van der Waals surface area contributed by atoms with Gasteiger partial charge >= 0.3 is 6.09 Å². The molecule has 4 nitrogen and oxygen atoms in total. The van der Waals surface area contributed by atoms with Crippen molar-refractivity contribution >= 4 is 6.09 Å². The van der Waals surface area contributed by atoms with E-state index in [1.54, 1.807) is 0 Å². The highest BCUT2D eigenvalue weighted by Crippen LogP contribution is 2.35. The van der Waals surface area contributed by atoms with E-state index >= 15 is 0 Å². The first-order chi connectivity index (χ1) is 10.6. The van der Waals surface area contributed by atoms with E-state index < -0.39 is 5.60 Å². The van der Waals surface area contributed by atoms with Crippen molar-refractivity contribution in [2.24, 2.45) is 11.3 Å². The molecule has 134 valence electrons. The fourth-order valence-electron chi connectivity index (χ4n) is 3.66. The van der Waals surface area contributed by atoms with Crippen LogP contribution in [-0.2, 0) is 4.74 Å². The molecule has 23 heavy (non-hydrogen) atoms. The van der Waals surface area contributed by atoms with Crippen molar-refractivity contribution in [3.63, 3.8) is 0 Å². The standard InChI is InChI=1S/C19H36N2O2/c1-18(2,3)23-17(22)21-13-9-15(14-21)8-12-20-16-6-10-19(4,5)11-7-16/h15-16,20H,6-14H2,1-5H3. The van der Waals surface area contributed by atoms with E-state index in [4.69, 9.17) is 4.74 Å². The van der Waals surface area contributed by atoms with Crippen LogP contribution in [0.3, 0.4) is 0 Å². The summed E-state index contributed by atoms with van der Waals surface area (Å²) >= 11 is 0. The van der Waals surface area contributed by atoms with Crippen LogP contribution in [0, 0.1) is 11.3 Å².